The van der Waals surface area contributed by atoms with Crippen molar-refractivity contribution in [1.29, 1.82) is 0 Å². The first-order chi connectivity index (χ1) is 17.1. The third kappa shape index (κ3) is 4.70. The number of nitrogens with one attached hydrogen (secondary N) is 4. The minimum Gasteiger partial charge on any atom is -0.368 e. The first kappa shape index (κ1) is 24.0. The predicted octanol–water partition coefficient (Wildman–Crippen LogP) is 4.70. The Balaban J connectivity index is 0.00000267. The summed E-state index contributed by atoms with van der Waals surface area (Å²) < 4.78 is 1.04. The summed E-state index contributed by atoms with van der Waals surface area (Å²) in [7, 11) is 0. The third-order valence-corrected chi connectivity index (χ3v) is 6.93. The topological polar surface area (TPSA) is 111 Å². The first-order valence-electron chi connectivity index (χ1n) is 11.5. The highest BCUT2D eigenvalue weighted by atomic mass is 35.5. The Bertz CT molecular complexity index is 1540. The average molecular weight is 521 g/mol. The Hall–Kier alpha value is -3.73. The molecule has 1 saturated heterocycles. The summed E-state index contributed by atoms with van der Waals surface area (Å²) >= 11 is 1.55. The zero-order valence-corrected chi connectivity index (χ0v) is 21.2. The molecule has 184 valence electrons. The van der Waals surface area contributed by atoms with Crippen molar-refractivity contribution in [3.63, 3.8) is 0 Å². The van der Waals surface area contributed by atoms with E-state index < -0.39 is 0 Å². The fraction of sp³-hybridized carbons (Fsp3) is 0.200. The van der Waals surface area contributed by atoms with E-state index in [9.17, 15) is 4.79 Å². The van der Waals surface area contributed by atoms with Gasteiger partial charge in [-0.1, -0.05) is 6.07 Å². The summed E-state index contributed by atoms with van der Waals surface area (Å²) in [5, 5.41) is 9.71. The predicted molar refractivity (Wildman–Crippen MR) is 148 cm³/mol. The molecule has 6 rings (SSSR count). The number of carbonyl (C=O) groups excluding carboxylic acids is 1. The van der Waals surface area contributed by atoms with Crippen LogP contribution in [0.4, 0.5) is 23.1 Å². The Morgan fingerprint density at radius 1 is 1.08 bits per heavy atom. The number of benzene rings is 2. The second-order valence-corrected chi connectivity index (χ2v) is 9.38. The van der Waals surface area contributed by atoms with Gasteiger partial charge in [-0.2, -0.15) is 0 Å². The molecule has 1 amide bonds. The Kier molecular flexibility index (Phi) is 6.73. The third-order valence-electron chi connectivity index (χ3n) is 6.14. The van der Waals surface area contributed by atoms with E-state index in [2.05, 4.69) is 35.8 Å². The minimum atomic E-state index is -0.158. The van der Waals surface area contributed by atoms with Crippen molar-refractivity contribution in [3.05, 3.63) is 65.3 Å². The van der Waals surface area contributed by atoms with Gasteiger partial charge in [0.25, 0.3) is 5.91 Å². The summed E-state index contributed by atoms with van der Waals surface area (Å²) in [6.45, 7) is 5.37. The van der Waals surface area contributed by atoms with Crippen molar-refractivity contribution in [2.24, 2.45) is 0 Å². The number of aromatic amines is 1. The normalized spacial score (nSPS) is 13.5. The van der Waals surface area contributed by atoms with E-state index in [0.29, 0.717) is 11.5 Å². The van der Waals surface area contributed by atoms with Crippen molar-refractivity contribution in [2.45, 2.75) is 6.92 Å². The molecular weight excluding hydrogens is 496 g/mol. The van der Waals surface area contributed by atoms with Gasteiger partial charge in [0, 0.05) is 38.1 Å². The number of thiazole rings is 1. The summed E-state index contributed by atoms with van der Waals surface area (Å²) in [5.41, 5.74) is 7.55. The zero-order valence-electron chi connectivity index (χ0n) is 19.5. The number of amides is 1. The van der Waals surface area contributed by atoms with Crippen molar-refractivity contribution in [3.8, 4) is 0 Å². The van der Waals surface area contributed by atoms with Crippen LogP contribution in [0.2, 0.25) is 0 Å². The summed E-state index contributed by atoms with van der Waals surface area (Å²) in [5.74, 6) is 1.17. The minimum absolute atomic E-state index is 0. The van der Waals surface area contributed by atoms with Crippen molar-refractivity contribution < 1.29 is 4.79 Å². The number of imidazole rings is 1. The molecule has 36 heavy (non-hydrogen) atoms. The van der Waals surface area contributed by atoms with E-state index in [1.165, 1.54) is 0 Å². The number of piperazine rings is 1. The number of pyridine rings is 1. The molecular formula is C25H25ClN8OS. The van der Waals surface area contributed by atoms with Gasteiger partial charge in [0.1, 0.15) is 5.82 Å². The number of nitrogens with zero attached hydrogens (tertiary/aromatic N) is 4. The van der Waals surface area contributed by atoms with Crippen LogP contribution < -0.4 is 20.9 Å². The van der Waals surface area contributed by atoms with Crippen LogP contribution in [-0.2, 0) is 0 Å². The summed E-state index contributed by atoms with van der Waals surface area (Å²) in [6.07, 6.45) is 1.74. The van der Waals surface area contributed by atoms with Gasteiger partial charge in [-0.05, 0) is 48.9 Å². The Labute approximate surface area is 217 Å². The molecule has 1 fully saturated rings. The number of hydrogen-bond donors (Lipinski definition) is 4. The maximum Gasteiger partial charge on any atom is 0.257 e. The van der Waals surface area contributed by atoms with E-state index in [0.717, 1.165) is 70.2 Å². The Morgan fingerprint density at radius 3 is 2.78 bits per heavy atom. The molecule has 9 nitrogen and oxygen atoms in total. The molecule has 0 spiro atoms. The standard InChI is InChI=1S/C25H24N8OS.ClH/c1-15-3-2-6-27-23(15)32-25-30-19-12-17(21(13-20(19)31-25)33-9-7-26-8-10-33)24(34)29-16-4-5-18-22(11-16)35-14-28-18;/h2-6,11-14,26H,7-10H2,1H3,(H,29,34)(H2,27,30,31,32);1H. The van der Waals surface area contributed by atoms with Gasteiger partial charge in [-0.15, -0.1) is 23.7 Å². The molecule has 0 aliphatic carbocycles. The highest BCUT2D eigenvalue weighted by Crippen LogP contribution is 2.30. The number of anilines is 4. The molecule has 4 N–H and O–H groups in total. The van der Waals surface area contributed by atoms with Gasteiger partial charge < -0.3 is 25.8 Å². The van der Waals surface area contributed by atoms with Gasteiger partial charge in [-0.3, -0.25) is 4.79 Å². The largest absolute Gasteiger partial charge is 0.368 e. The molecule has 4 heterocycles. The van der Waals surface area contributed by atoms with E-state index in [1.54, 1.807) is 17.5 Å². The van der Waals surface area contributed by atoms with Crippen molar-refractivity contribution in [2.75, 3.05) is 41.7 Å². The van der Waals surface area contributed by atoms with E-state index in [-0.39, 0.29) is 18.3 Å². The second-order valence-electron chi connectivity index (χ2n) is 8.49. The van der Waals surface area contributed by atoms with Crippen molar-refractivity contribution >= 4 is 74.0 Å². The fourth-order valence-corrected chi connectivity index (χ4v) is 5.03. The number of aryl methyl sites for hydroxylation is 1. The van der Waals surface area contributed by atoms with Crippen LogP contribution in [0.1, 0.15) is 15.9 Å². The number of carbonyl (C=O) groups is 1. The quantitative estimate of drug-likeness (QED) is 0.266. The molecule has 11 heteroatoms. The highest BCUT2D eigenvalue weighted by Gasteiger charge is 2.21. The molecule has 0 radical (unpaired) electrons. The molecule has 0 unspecified atom stereocenters. The van der Waals surface area contributed by atoms with Crippen LogP contribution in [0.5, 0.6) is 0 Å². The second kappa shape index (κ2) is 10.1. The van der Waals surface area contributed by atoms with E-state index in [1.807, 2.05) is 54.9 Å². The molecule has 2 aromatic carbocycles. The van der Waals surface area contributed by atoms with Crippen LogP contribution >= 0.6 is 23.7 Å². The number of hydrogen-bond acceptors (Lipinski definition) is 8. The molecule has 1 aliphatic heterocycles. The highest BCUT2D eigenvalue weighted by molar-refractivity contribution is 7.16. The number of aromatic nitrogens is 4. The van der Waals surface area contributed by atoms with Gasteiger partial charge in [0.15, 0.2) is 0 Å². The van der Waals surface area contributed by atoms with Crippen LogP contribution in [0, 0.1) is 6.92 Å². The van der Waals surface area contributed by atoms with Crippen LogP contribution in [0.15, 0.2) is 54.2 Å². The smallest absolute Gasteiger partial charge is 0.257 e. The first-order valence-corrected chi connectivity index (χ1v) is 12.3. The van der Waals surface area contributed by atoms with Crippen molar-refractivity contribution in [1.82, 2.24) is 25.3 Å². The molecule has 0 saturated carbocycles. The zero-order chi connectivity index (χ0) is 23.8. The molecule has 1 aliphatic rings. The lowest BCUT2D eigenvalue weighted by Crippen LogP contribution is -2.44. The number of H-pyrrole nitrogens is 1. The lowest BCUT2D eigenvalue weighted by Gasteiger charge is -2.30. The monoisotopic (exact) mass is 520 g/mol. The number of rotatable bonds is 5. The summed E-state index contributed by atoms with van der Waals surface area (Å²) in [4.78, 5) is 32.5. The number of fused-ring (bicyclic) bond motifs is 2. The van der Waals surface area contributed by atoms with Gasteiger partial charge in [0.05, 0.1) is 38.0 Å². The fourth-order valence-electron chi connectivity index (χ4n) is 4.31. The Morgan fingerprint density at radius 2 is 1.94 bits per heavy atom. The van der Waals surface area contributed by atoms with Crippen LogP contribution in [-0.4, -0.2) is 52.0 Å². The maximum absolute atomic E-state index is 13.5. The SMILES string of the molecule is Cc1cccnc1Nc1nc2cc(N3CCNCC3)c(C(=O)Nc3ccc4ncsc4c3)cc2[nH]1.Cl. The van der Waals surface area contributed by atoms with Crippen LogP contribution in [0.3, 0.4) is 0 Å². The molecule has 0 atom stereocenters. The molecule has 3 aromatic heterocycles. The maximum atomic E-state index is 13.5. The van der Waals surface area contributed by atoms with E-state index in [4.69, 9.17) is 4.98 Å². The number of halogens is 1. The average Bonchev–Trinajstić information content (AvgIpc) is 3.51. The lowest BCUT2D eigenvalue weighted by molar-refractivity contribution is 0.102. The van der Waals surface area contributed by atoms with Crippen LogP contribution in [0.25, 0.3) is 21.3 Å². The molecule has 5 aromatic rings. The molecule has 0 bridgehead atoms. The van der Waals surface area contributed by atoms with Gasteiger partial charge >= 0.3 is 0 Å². The van der Waals surface area contributed by atoms with Gasteiger partial charge in [0.2, 0.25) is 5.95 Å². The summed E-state index contributed by atoms with van der Waals surface area (Å²) in [6, 6.07) is 13.5. The lowest BCUT2D eigenvalue weighted by atomic mass is 10.1. The van der Waals surface area contributed by atoms with E-state index >= 15 is 0 Å². The van der Waals surface area contributed by atoms with Gasteiger partial charge in [-0.25, -0.2) is 15.0 Å².